The van der Waals surface area contributed by atoms with Crippen molar-refractivity contribution in [2.75, 3.05) is 30.4 Å². The lowest BCUT2D eigenvalue weighted by Gasteiger charge is -2.30. The van der Waals surface area contributed by atoms with Crippen LogP contribution in [-0.4, -0.2) is 30.2 Å². The second-order valence-electron chi connectivity index (χ2n) is 6.14. The number of anilines is 2. The Morgan fingerprint density at radius 3 is 2.83 bits per heavy atom. The van der Waals surface area contributed by atoms with Crippen LogP contribution >= 0.6 is 0 Å². The summed E-state index contributed by atoms with van der Waals surface area (Å²) in [6.45, 7) is 5.11. The monoisotopic (exact) mass is 312 g/mol. The Morgan fingerprint density at radius 2 is 2.09 bits per heavy atom. The fourth-order valence-corrected chi connectivity index (χ4v) is 2.91. The highest BCUT2D eigenvalue weighted by Gasteiger charge is 2.18. The molecule has 0 spiro atoms. The van der Waals surface area contributed by atoms with Crippen molar-refractivity contribution >= 4 is 11.8 Å². The van der Waals surface area contributed by atoms with Gasteiger partial charge in [0, 0.05) is 25.8 Å². The minimum Gasteiger partial charge on any atom is -0.497 e. The molecule has 5 nitrogen and oxygen atoms in total. The van der Waals surface area contributed by atoms with E-state index in [1.807, 2.05) is 24.4 Å². The quantitative estimate of drug-likeness (QED) is 0.917. The predicted octanol–water partition coefficient (Wildman–Crippen LogP) is 3.33. The summed E-state index contributed by atoms with van der Waals surface area (Å²) in [4.78, 5) is 11.4. The van der Waals surface area contributed by atoms with Gasteiger partial charge in [0.25, 0.3) is 0 Å². The zero-order valence-electron chi connectivity index (χ0n) is 13.8. The van der Waals surface area contributed by atoms with Crippen LogP contribution in [0.15, 0.2) is 36.5 Å². The Bertz CT molecular complexity index is 629. The molecule has 0 radical (unpaired) electrons. The summed E-state index contributed by atoms with van der Waals surface area (Å²) in [5.41, 5.74) is 1.19. The Hall–Kier alpha value is -2.30. The third kappa shape index (κ3) is 4.12. The van der Waals surface area contributed by atoms with Gasteiger partial charge in [0.2, 0.25) is 5.95 Å². The van der Waals surface area contributed by atoms with Crippen molar-refractivity contribution in [3.05, 3.63) is 42.1 Å². The molecule has 3 rings (SSSR count). The fourth-order valence-electron chi connectivity index (χ4n) is 2.91. The molecule has 1 atom stereocenters. The molecule has 122 valence electrons. The minimum atomic E-state index is 0.711. The first-order valence-electron chi connectivity index (χ1n) is 8.19. The first kappa shape index (κ1) is 15.6. The van der Waals surface area contributed by atoms with Crippen LogP contribution in [-0.2, 0) is 6.54 Å². The van der Waals surface area contributed by atoms with E-state index in [0.717, 1.165) is 37.1 Å². The van der Waals surface area contributed by atoms with Crippen LogP contribution in [0.3, 0.4) is 0 Å². The second-order valence-corrected chi connectivity index (χ2v) is 6.14. The highest BCUT2D eigenvalue weighted by Crippen LogP contribution is 2.20. The van der Waals surface area contributed by atoms with Crippen LogP contribution in [0.4, 0.5) is 11.8 Å². The van der Waals surface area contributed by atoms with E-state index in [0.29, 0.717) is 5.92 Å². The van der Waals surface area contributed by atoms with Crippen molar-refractivity contribution < 1.29 is 4.74 Å². The van der Waals surface area contributed by atoms with E-state index in [1.54, 1.807) is 7.11 Å². The average Bonchev–Trinajstić information content (AvgIpc) is 2.61. The van der Waals surface area contributed by atoms with Crippen molar-refractivity contribution in [1.29, 1.82) is 0 Å². The van der Waals surface area contributed by atoms with Crippen molar-refractivity contribution in [1.82, 2.24) is 9.97 Å². The molecule has 23 heavy (non-hydrogen) atoms. The second kappa shape index (κ2) is 7.31. The van der Waals surface area contributed by atoms with E-state index in [4.69, 9.17) is 4.74 Å². The molecule has 1 fully saturated rings. The zero-order valence-corrected chi connectivity index (χ0v) is 13.8. The maximum absolute atomic E-state index is 5.18. The standard InChI is InChI=1S/C18H24N4O/c1-14-4-3-11-22(13-14)18-19-10-9-17(21-18)20-12-15-5-7-16(23-2)8-6-15/h5-10,14H,3-4,11-13H2,1-2H3,(H,19,20,21). The number of benzene rings is 1. The molecule has 1 aromatic carbocycles. The molecular formula is C18H24N4O. The summed E-state index contributed by atoms with van der Waals surface area (Å²) in [6.07, 6.45) is 4.35. The van der Waals surface area contributed by atoms with Gasteiger partial charge in [-0.05, 0) is 42.5 Å². The van der Waals surface area contributed by atoms with E-state index in [-0.39, 0.29) is 0 Å². The summed E-state index contributed by atoms with van der Waals surface area (Å²) in [5, 5.41) is 3.37. The number of piperidine rings is 1. The topological polar surface area (TPSA) is 50.3 Å². The lowest BCUT2D eigenvalue weighted by Crippen LogP contribution is -2.35. The normalized spacial score (nSPS) is 17.8. The van der Waals surface area contributed by atoms with E-state index >= 15 is 0 Å². The van der Waals surface area contributed by atoms with Gasteiger partial charge in [0.1, 0.15) is 11.6 Å². The van der Waals surface area contributed by atoms with Crippen molar-refractivity contribution in [3.8, 4) is 5.75 Å². The molecule has 1 N–H and O–H groups in total. The Labute approximate surface area is 137 Å². The number of hydrogen-bond donors (Lipinski definition) is 1. The molecule has 0 saturated carbocycles. The summed E-state index contributed by atoms with van der Waals surface area (Å²) in [7, 11) is 1.68. The van der Waals surface area contributed by atoms with Gasteiger partial charge in [-0.3, -0.25) is 0 Å². The van der Waals surface area contributed by atoms with Crippen LogP contribution in [0, 0.1) is 5.92 Å². The highest BCUT2D eigenvalue weighted by molar-refractivity contribution is 5.42. The molecule has 1 aromatic heterocycles. The van der Waals surface area contributed by atoms with E-state index in [1.165, 1.54) is 18.4 Å². The van der Waals surface area contributed by atoms with E-state index in [2.05, 4.69) is 39.2 Å². The Kier molecular flexibility index (Phi) is 4.95. The molecule has 2 aromatic rings. The van der Waals surface area contributed by atoms with Crippen LogP contribution in [0.2, 0.25) is 0 Å². The molecular weight excluding hydrogens is 288 g/mol. The predicted molar refractivity (Wildman–Crippen MR) is 93.0 cm³/mol. The molecule has 0 bridgehead atoms. The van der Waals surface area contributed by atoms with Crippen molar-refractivity contribution in [3.63, 3.8) is 0 Å². The average molecular weight is 312 g/mol. The Balaban J connectivity index is 1.62. The smallest absolute Gasteiger partial charge is 0.227 e. The summed E-state index contributed by atoms with van der Waals surface area (Å²) in [6, 6.07) is 9.97. The summed E-state index contributed by atoms with van der Waals surface area (Å²) in [5.74, 6) is 3.28. The van der Waals surface area contributed by atoms with Gasteiger partial charge >= 0.3 is 0 Å². The van der Waals surface area contributed by atoms with E-state index in [9.17, 15) is 0 Å². The zero-order chi connectivity index (χ0) is 16.1. The number of nitrogens with one attached hydrogen (secondary N) is 1. The highest BCUT2D eigenvalue weighted by atomic mass is 16.5. The molecule has 2 heterocycles. The fraction of sp³-hybridized carbons (Fsp3) is 0.444. The minimum absolute atomic E-state index is 0.711. The van der Waals surface area contributed by atoms with E-state index < -0.39 is 0 Å². The largest absolute Gasteiger partial charge is 0.497 e. The number of hydrogen-bond acceptors (Lipinski definition) is 5. The van der Waals surface area contributed by atoms with Gasteiger partial charge < -0.3 is 15.0 Å². The molecule has 0 amide bonds. The lowest BCUT2D eigenvalue weighted by molar-refractivity contribution is 0.414. The number of ether oxygens (including phenoxy) is 1. The third-order valence-corrected chi connectivity index (χ3v) is 4.22. The molecule has 1 aliphatic heterocycles. The number of aromatic nitrogens is 2. The maximum Gasteiger partial charge on any atom is 0.227 e. The number of rotatable bonds is 5. The van der Waals surface area contributed by atoms with Gasteiger partial charge in [-0.25, -0.2) is 4.98 Å². The van der Waals surface area contributed by atoms with Crippen LogP contribution in [0.1, 0.15) is 25.3 Å². The summed E-state index contributed by atoms with van der Waals surface area (Å²) < 4.78 is 5.18. The number of methoxy groups -OCH3 is 1. The molecule has 0 aliphatic carbocycles. The first-order chi connectivity index (χ1) is 11.2. The van der Waals surface area contributed by atoms with Crippen molar-refractivity contribution in [2.24, 2.45) is 5.92 Å². The lowest BCUT2D eigenvalue weighted by atomic mass is 10.0. The summed E-state index contributed by atoms with van der Waals surface area (Å²) >= 11 is 0. The van der Waals surface area contributed by atoms with Gasteiger partial charge in [-0.1, -0.05) is 19.1 Å². The van der Waals surface area contributed by atoms with Crippen molar-refractivity contribution in [2.45, 2.75) is 26.3 Å². The van der Waals surface area contributed by atoms with Gasteiger partial charge in [-0.15, -0.1) is 0 Å². The third-order valence-electron chi connectivity index (χ3n) is 4.22. The van der Waals surface area contributed by atoms with Crippen LogP contribution in [0.25, 0.3) is 0 Å². The van der Waals surface area contributed by atoms with Gasteiger partial charge in [0.05, 0.1) is 7.11 Å². The Morgan fingerprint density at radius 1 is 1.26 bits per heavy atom. The van der Waals surface area contributed by atoms with Crippen LogP contribution in [0.5, 0.6) is 5.75 Å². The van der Waals surface area contributed by atoms with Crippen LogP contribution < -0.4 is 15.0 Å². The first-order valence-corrected chi connectivity index (χ1v) is 8.19. The SMILES string of the molecule is COc1ccc(CNc2ccnc(N3CCCC(C)C3)n2)cc1. The van der Waals surface area contributed by atoms with Gasteiger partial charge in [-0.2, -0.15) is 4.98 Å². The molecule has 1 saturated heterocycles. The number of nitrogens with zero attached hydrogens (tertiary/aromatic N) is 3. The molecule has 5 heteroatoms. The molecule has 1 aliphatic rings. The van der Waals surface area contributed by atoms with Gasteiger partial charge in [0.15, 0.2) is 0 Å². The molecule has 1 unspecified atom stereocenters. The maximum atomic E-state index is 5.18.